The molecular weight excluding hydrogens is 431 g/mol. The molecule has 162 valence electrons. The Bertz CT molecular complexity index is 1090. The SMILES string of the molecule is C[C@@H]1O[C@H](c2ccncc2NC(=O)c2csc(-c3c(F)cccc3F)n2)[C@@H](F)C[C@H]1O. The van der Waals surface area contributed by atoms with Crippen LogP contribution in [0.2, 0.25) is 0 Å². The molecule has 4 rings (SSSR count). The van der Waals surface area contributed by atoms with E-state index in [4.69, 9.17) is 4.74 Å². The molecule has 3 heterocycles. The Morgan fingerprint density at radius 3 is 2.77 bits per heavy atom. The number of thiazole rings is 1. The number of amides is 1. The number of pyridine rings is 1. The van der Waals surface area contributed by atoms with E-state index in [9.17, 15) is 23.1 Å². The van der Waals surface area contributed by atoms with Gasteiger partial charge >= 0.3 is 0 Å². The third-order valence-electron chi connectivity index (χ3n) is 5.02. The molecule has 1 fully saturated rings. The molecule has 1 aliphatic heterocycles. The van der Waals surface area contributed by atoms with Crippen molar-refractivity contribution in [2.45, 2.75) is 37.8 Å². The lowest BCUT2D eigenvalue weighted by molar-refractivity contribution is -0.144. The van der Waals surface area contributed by atoms with E-state index in [1.807, 2.05) is 0 Å². The average Bonchev–Trinajstić information content (AvgIpc) is 3.21. The Morgan fingerprint density at radius 1 is 1.29 bits per heavy atom. The van der Waals surface area contributed by atoms with Crippen LogP contribution in [0.25, 0.3) is 10.6 Å². The van der Waals surface area contributed by atoms with Gasteiger partial charge in [0, 0.05) is 23.6 Å². The molecule has 0 saturated carbocycles. The van der Waals surface area contributed by atoms with Crippen LogP contribution >= 0.6 is 11.3 Å². The third-order valence-corrected chi connectivity index (χ3v) is 5.88. The number of nitrogens with zero attached hydrogens (tertiary/aromatic N) is 2. The van der Waals surface area contributed by atoms with Crippen molar-refractivity contribution in [1.82, 2.24) is 9.97 Å². The number of alkyl halides is 1. The van der Waals surface area contributed by atoms with Crippen LogP contribution in [-0.2, 0) is 4.74 Å². The molecule has 2 aromatic heterocycles. The van der Waals surface area contributed by atoms with Gasteiger partial charge in [-0.05, 0) is 25.1 Å². The molecule has 4 atom stereocenters. The maximum absolute atomic E-state index is 14.6. The second-order valence-corrected chi connectivity index (χ2v) is 7.99. The van der Waals surface area contributed by atoms with Gasteiger partial charge in [0.25, 0.3) is 5.91 Å². The largest absolute Gasteiger partial charge is 0.390 e. The highest BCUT2D eigenvalue weighted by atomic mass is 32.1. The minimum atomic E-state index is -1.47. The highest BCUT2D eigenvalue weighted by Gasteiger charge is 2.37. The van der Waals surface area contributed by atoms with Gasteiger partial charge in [-0.3, -0.25) is 9.78 Å². The Balaban J connectivity index is 1.57. The van der Waals surface area contributed by atoms with Crippen LogP contribution in [0.1, 0.15) is 35.5 Å². The van der Waals surface area contributed by atoms with E-state index < -0.39 is 42.0 Å². The highest BCUT2D eigenvalue weighted by Crippen LogP contribution is 2.37. The Morgan fingerprint density at radius 2 is 2.03 bits per heavy atom. The van der Waals surface area contributed by atoms with E-state index in [1.165, 1.54) is 29.9 Å². The number of aromatic nitrogens is 2. The number of hydrogen-bond donors (Lipinski definition) is 2. The molecule has 1 aliphatic rings. The number of aliphatic hydroxyl groups is 1. The van der Waals surface area contributed by atoms with Gasteiger partial charge in [0.2, 0.25) is 0 Å². The van der Waals surface area contributed by atoms with Crippen molar-refractivity contribution in [2.24, 2.45) is 0 Å². The van der Waals surface area contributed by atoms with Crippen LogP contribution in [0, 0.1) is 11.6 Å². The molecular formula is C21H18F3N3O3S. The molecule has 0 unspecified atom stereocenters. The number of rotatable bonds is 4. The van der Waals surface area contributed by atoms with Crippen molar-refractivity contribution in [3.05, 3.63) is 64.9 Å². The van der Waals surface area contributed by atoms with E-state index in [2.05, 4.69) is 15.3 Å². The summed E-state index contributed by atoms with van der Waals surface area (Å²) in [5.41, 5.74) is 0.222. The second-order valence-electron chi connectivity index (χ2n) is 7.13. The molecule has 1 amide bonds. The smallest absolute Gasteiger partial charge is 0.275 e. The van der Waals surface area contributed by atoms with Gasteiger partial charge in [-0.2, -0.15) is 0 Å². The molecule has 2 N–H and O–H groups in total. The molecule has 0 bridgehead atoms. The van der Waals surface area contributed by atoms with Crippen LogP contribution in [0.3, 0.4) is 0 Å². The number of benzene rings is 1. The summed E-state index contributed by atoms with van der Waals surface area (Å²) in [6.07, 6.45) is -1.26. The zero-order valence-corrected chi connectivity index (χ0v) is 17.1. The number of nitrogens with one attached hydrogen (secondary N) is 1. The number of halogens is 3. The first-order valence-electron chi connectivity index (χ1n) is 9.48. The summed E-state index contributed by atoms with van der Waals surface area (Å²) in [7, 11) is 0. The topological polar surface area (TPSA) is 84.3 Å². The number of carbonyl (C=O) groups is 1. The maximum atomic E-state index is 14.6. The predicted octanol–water partition coefficient (Wildman–Crippen LogP) is 4.28. The molecule has 6 nitrogen and oxygen atoms in total. The van der Waals surface area contributed by atoms with Crippen LogP contribution in [0.15, 0.2) is 42.0 Å². The van der Waals surface area contributed by atoms with Crippen molar-refractivity contribution in [3.8, 4) is 10.6 Å². The lowest BCUT2D eigenvalue weighted by Crippen LogP contribution is -2.40. The van der Waals surface area contributed by atoms with E-state index in [1.54, 1.807) is 6.92 Å². The van der Waals surface area contributed by atoms with Crippen molar-refractivity contribution in [3.63, 3.8) is 0 Å². The molecule has 0 radical (unpaired) electrons. The first kappa shape index (κ1) is 21.4. The van der Waals surface area contributed by atoms with Crippen LogP contribution in [0.4, 0.5) is 18.9 Å². The number of carbonyl (C=O) groups excluding carboxylic acids is 1. The number of ether oxygens (including phenoxy) is 1. The molecule has 31 heavy (non-hydrogen) atoms. The van der Waals surface area contributed by atoms with Gasteiger partial charge in [-0.15, -0.1) is 11.3 Å². The monoisotopic (exact) mass is 449 g/mol. The molecule has 0 aliphatic carbocycles. The van der Waals surface area contributed by atoms with Crippen LogP contribution in [-0.4, -0.2) is 39.4 Å². The van der Waals surface area contributed by atoms with Gasteiger partial charge in [-0.25, -0.2) is 18.2 Å². The third kappa shape index (κ3) is 4.32. The molecule has 1 aromatic carbocycles. The molecule has 0 spiro atoms. The van der Waals surface area contributed by atoms with Crippen LogP contribution in [0.5, 0.6) is 0 Å². The van der Waals surface area contributed by atoms with E-state index in [-0.39, 0.29) is 28.4 Å². The zero-order chi connectivity index (χ0) is 22.1. The van der Waals surface area contributed by atoms with E-state index >= 15 is 0 Å². The summed E-state index contributed by atoms with van der Waals surface area (Å²) < 4.78 is 48.2. The van der Waals surface area contributed by atoms with Crippen molar-refractivity contribution in [2.75, 3.05) is 5.32 Å². The highest BCUT2D eigenvalue weighted by molar-refractivity contribution is 7.13. The van der Waals surface area contributed by atoms with E-state index in [0.29, 0.717) is 5.56 Å². The van der Waals surface area contributed by atoms with Crippen molar-refractivity contribution < 1.29 is 27.8 Å². The van der Waals surface area contributed by atoms with Gasteiger partial charge in [-0.1, -0.05) is 6.07 Å². The van der Waals surface area contributed by atoms with Gasteiger partial charge in [0.15, 0.2) is 0 Å². The number of hydrogen-bond acceptors (Lipinski definition) is 6. The fourth-order valence-corrected chi connectivity index (χ4v) is 4.21. The zero-order valence-electron chi connectivity index (χ0n) is 16.3. The fraction of sp³-hybridized carbons (Fsp3) is 0.286. The van der Waals surface area contributed by atoms with Gasteiger partial charge in [0.05, 0.1) is 29.7 Å². The maximum Gasteiger partial charge on any atom is 0.275 e. The first-order chi connectivity index (χ1) is 14.8. The van der Waals surface area contributed by atoms with Gasteiger partial charge in [0.1, 0.15) is 34.6 Å². The summed E-state index contributed by atoms with van der Waals surface area (Å²) in [5, 5.41) is 13.8. The normalized spacial score (nSPS) is 23.5. The number of anilines is 1. The number of aliphatic hydroxyl groups excluding tert-OH is 1. The summed E-state index contributed by atoms with van der Waals surface area (Å²) >= 11 is 0.923. The van der Waals surface area contributed by atoms with Crippen molar-refractivity contribution >= 4 is 22.9 Å². The predicted molar refractivity (Wildman–Crippen MR) is 108 cm³/mol. The standard InChI is InChI=1S/C21H18F3N3O3S/c1-10-17(28)7-14(24)19(30-10)11-5-6-25-8-15(11)26-20(29)16-9-31-21(27-16)18-12(22)3-2-4-13(18)23/h2-6,8-10,14,17,19,28H,7H2,1H3,(H,26,29)/t10-,14-,17+,19+/m0/s1. The summed E-state index contributed by atoms with van der Waals surface area (Å²) in [4.78, 5) is 20.7. The van der Waals surface area contributed by atoms with Crippen LogP contribution < -0.4 is 5.32 Å². The Kier molecular flexibility index (Phi) is 6.03. The lowest BCUT2D eigenvalue weighted by atomic mass is 9.95. The van der Waals surface area contributed by atoms with E-state index in [0.717, 1.165) is 23.5 Å². The molecule has 1 saturated heterocycles. The average molecular weight is 449 g/mol. The minimum Gasteiger partial charge on any atom is -0.390 e. The van der Waals surface area contributed by atoms with Gasteiger partial charge < -0.3 is 15.2 Å². The fourth-order valence-electron chi connectivity index (χ4n) is 3.36. The quantitative estimate of drug-likeness (QED) is 0.621. The van der Waals surface area contributed by atoms with Crippen molar-refractivity contribution in [1.29, 1.82) is 0 Å². The lowest BCUT2D eigenvalue weighted by Gasteiger charge is -2.35. The summed E-state index contributed by atoms with van der Waals surface area (Å²) in [5.74, 6) is -2.21. The summed E-state index contributed by atoms with van der Waals surface area (Å²) in [6.45, 7) is 1.64. The summed E-state index contributed by atoms with van der Waals surface area (Å²) in [6, 6.07) is 4.98. The molecule has 3 aromatic rings. The Labute approximate surface area is 179 Å². The molecule has 10 heteroatoms. The minimum absolute atomic E-state index is 0.0226. The second kappa shape index (κ2) is 8.74. The Hall–Kier alpha value is -2.82. The first-order valence-corrected chi connectivity index (χ1v) is 10.4.